The van der Waals surface area contributed by atoms with E-state index in [1.54, 1.807) is 0 Å². The van der Waals surface area contributed by atoms with E-state index in [0.29, 0.717) is 6.61 Å². The number of hydrogen-bond acceptors (Lipinski definition) is 2. The highest BCUT2D eigenvalue weighted by atomic mass is 16.5. The van der Waals surface area contributed by atoms with Crippen LogP contribution < -0.4 is 4.74 Å². The standard InChI is InChI=1S/C21H18N2O/c1-15-9-11-16(12-10-15)14-24-18-6-4-5-17(13-18)21-22-19-7-2-3-8-20(19)23-21/h2-13H,14H2,1H3,(H,22,23). The van der Waals surface area contributed by atoms with Crippen molar-refractivity contribution in [1.82, 2.24) is 9.97 Å². The van der Waals surface area contributed by atoms with E-state index in [1.165, 1.54) is 5.56 Å². The number of ether oxygens (including phenoxy) is 1. The molecule has 3 heteroatoms. The third-order valence-electron chi connectivity index (χ3n) is 4.02. The van der Waals surface area contributed by atoms with Crippen LogP contribution in [0.5, 0.6) is 5.75 Å². The Morgan fingerprint density at radius 2 is 1.75 bits per heavy atom. The van der Waals surface area contributed by atoms with Crippen molar-refractivity contribution in [3.05, 3.63) is 83.9 Å². The minimum absolute atomic E-state index is 0.559. The summed E-state index contributed by atoms with van der Waals surface area (Å²) in [6, 6.07) is 24.5. The summed E-state index contributed by atoms with van der Waals surface area (Å²) < 4.78 is 5.93. The first-order valence-electron chi connectivity index (χ1n) is 8.01. The Balaban J connectivity index is 1.55. The molecule has 0 saturated heterocycles. The zero-order valence-corrected chi connectivity index (χ0v) is 13.5. The lowest BCUT2D eigenvalue weighted by atomic mass is 10.1. The molecule has 1 heterocycles. The number of nitrogens with zero attached hydrogens (tertiary/aromatic N) is 1. The van der Waals surface area contributed by atoms with Crippen molar-refractivity contribution in [3.63, 3.8) is 0 Å². The Morgan fingerprint density at radius 1 is 0.917 bits per heavy atom. The van der Waals surface area contributed by atoms with Gasteiger partial charge < -0.3 is 9.72 Å². The fourth-order valence-electron chi connectivity index (χ4n) is 2.67. The van der Waals surface area contributed by atoms with Crippen LogP contribution in [0.2, 0.25) is 0 Å². The molecule has 0 aliphatic heterocycles. The largest absolute Gasteiger partial charge is 0.489 e. The van der Waals surface area contributed by atoms with Gasteiger partial charge in [-0.05, 0) is 36.8 Å². The maximum atomic E-state index is 5.93. The molecule has 4 aromatic rings. The lowest BCUT2D eigenvalue weighted by Crippen LogP contribution is -1.95. The van der Waals surface area contributed by atoms with E-state index in [0.717, 1.165) is 33.7 Å². The minimum atomic E-state index is 0.559. The van der Waals surface area contributed by atoms with Crippen molar-refractivity contribution < 1.29 is 4.74 Å². The first-order chi connectivity index (χ1) is 11.8. The van der Waals surface area contributed by atoms with Gasteiger partial charge in [0.2, 0.25) is 0 Å². The van der Waals surface area contributed by atoms with Crippen molar-refractivity contribution in [2.24, 2.45) is 0 Å². The molecule has 0 saturated carbocycles. The maximum Gasteiger partial charge on any atom is 0.138 e. The predicted molar refractivity (Wildman–Crippen MR) is 97.0 cm³/mol. The molecule has 0 aliphatic carbocycles. The fourth-order valence-corrected chi connectivity index (χ4v) is 2.67. The molecule has 118 valence electrons. The molecule has 0 aliphatic rings. The molecular weight excluding hydrogens is 296 g/mol. The van der Waals surface area contributed by atoms with Crippen LogP contribution >= 0.6 is 0 Å². The van der Waals surface area contributed by atoms with Crippen LogP contribution in [0.1, 0.15) is 11.1 Å². The summed E-state index contributed by atoms with van der Waals surface area (Å²) in [4.78, 5) is 7.99. The highest BCUT2D eigenvalue weighted by molar-refractivity contribution is 5.79. The van der Waals surface area contributed by atoms with Gasteiger partial charge in [0.15, 0.2) is 0 Å². The van der Waals surface area contributed by atoms with E-state index in [9.17, 15) is 0 Å². The van der Waals surface area contributed by atoms with Crippen molar-refractivity contribution >= 4 is 11.0 Å². The summed E-state index contributed by atoms with van der Waals surface area (Å²) in [5.41, 5.74) is 5.45. The summed E-state index contributed by atoms with van der Waals surface area (Å²) in [5.74, 6) is 1.70. The van der Waals surface area contributed by atoms with E-state index in [-0.39, 0.29) is 0 Å². The Kier molecular flexibility index (Phi) is 3.75. The molecule has 0 spiro atoms. The van der Waals surface area contributed by atoms with Crippen molar-refractivity contribution in [2.45, 2.75) is 13.5 Å². The average molecular weight is 314 g/mol. The van der Waals surface area contributed by atoms with E-state index >= 15 is 0 Å². The van der Waals surface area contributed by atoms with Crippen LogP contribution in [0.3, 0.4) is 0 Å². The van der Waals surface area contributed by atoms with E-state index in [4.69, 9.17) is 4.74 Å². The molecule has 1 N–H and O–H groups in total. The summed E-state index contributed by atoms with van der Waals surface area (Å²) in [6.45, 7) is 2.64. The highest BCUT2D eigenvalue weighted by Crippen LogP contribution is 2.24. The van der Waals surface area contributed by atoms with Crippen LogP contribution in [0.25, 0.3) is 22.4 Å². The fraction of sp³-hybridized carbons (Fsp3) is 0.0952. The number of hydrogen-bond donors (Lipinski definition) is 1. The van der Waals surface area contributed by atoms with Crippen LogP contribution in [-0.4, -0.2) is 9.97 Å². The van der Waals surface area contributed by atoms with Gasteiger partial charge in [0.1, 0.15) is 18.2 Å². The summed E-state index contributed by atoms with van der Waals surface area (Å²) >= 11 is 0. The van der Waals surface area contributed by atoms with Crippen LogP contribution in [0.4, 0.5) is 0 Å². The summed E-state index contributed by atoms with van der Waals surface area (Å²) in [7, 11) is 0. The molecule has 0 unspecified atom stereocenters. The second kappa shape index (κ2) is 6.20. The molecule has 3 nitrogen and oxygen atoms in total. The number of nitrogens with one attached hydrogen (secondary N) is 1. The summed E-state index contributed by atoms with van der Waals surface area (Å²) in [6.07, 6.45) is 0. The van der Waals surface area contributed by atoms with Crippen LogP contribution in [-0.2, 0) is 6.61 Å². The Bertz CT molecular complexity index is 937. The van der Waals surface area contributed by atoms with Gasteiger partial charge in [-0.3, -0.25) is 0 Å². The van der Waals surface area contributed by atoms with Gasteiger partial charge >= 0.3 is 0 Å². The maximum absolute atomic E-state index is 5.93. The molecule has 1 aromatic heterocycles. The first-order valence-corrected chi connectivity index (χ1v) is 8.01. The minimum Gasteiger partial charge on any atom is -0.489 e. The molecule has 0 fully saturated rings. The van der Waals surface area contributed by atoms with Gasteiger partial charge in [-0.2, -0.15) is 0 Å². The second-order valence-corrected chi connectivity index (χ2v) is 5.90. The Hall–Kier alpha value is -3.07. The number of fused-ring (bicyclic) bond motifs is 1. The molecule has 4 rings (SSSR count). The molecule has 0 atom stereocenters. The van der Waals surface area contributed by atoms with E-state index < -0.39 is 0 Å². The summed E-state index contributed by atoms with van der Waals surface area (Å²) in [5, 5.41) is 0. The average Bonchev–Trinajstić information content (AvgIpc) is 3.06. The third kappa shape index (κ3) is 3.01. The zero-order valence-electron chi connectivity index (χ0n) is 13.5. The van der Waals surface area contributed by atoms with Crippen LogP contribution in [0, 0.1) is 6.92 Å². The lowest BCUT2D eigenvalue weighted by molar-refractivity contribution is 0.306. The quantitative estimate of drug-likeness (QED) is 0.568. The van der Waals surface area contributed by atoms with Gasteiger partial charge in [-0.15, -0.1) is 0 Å². The van der Waals surface area contributed by atoms with E-state index in [2.05, 4.69) is 41.2 Å². The monoisotopic (exact) mass is 314 g/mol. The molecule has 24 heavy (non-hydrogen) atoms. The number of benzene rings is 3. The first kappa shape index (κ1) is 14.5. The van der Waals surface area contributed by atoms with Gasteiger partial charge in [0.05, 0.1) is 11.0 Å². The number of rotatable bonds is 4. The molecular formula is C21H18N2O. The van der Waals surface area contributed by atoms with Gasteiger partial charge in [-0.1, -0.05) is 54.1 Å². The molecule has 3 aromatic carbocycles. The Labute approximate surface area is 140 Å². The third-order valence-corrected chi connectivity index (χ3v) is 4.02. The van der Waals surface area contributed by atoms with Gasteiger partial charge in [0, 0.05) is 5.56 Å². The predicted octanol–water partition coefficient (Wildman–Crippen LogP) is 5.12. The zero-order chi connectivity index (χ0) is 16.4. The number of aromatic nitrogens is 2. The number of imidazole rings is 1. The number of aromatic amines is 1. The van der Waals surface area contributed by atoms with Crippen LogP contribution in [0.15, 0.2) is 72.8 Å². The topological polar surface area (TPSA) is 37.9 Å². The number of H-pyrrole nitrogens is 1. The number of aryl methyl sites for hydroxylation is 1. The second-order valence-electron chi connectivity index (χ2n) is 5.90. The normalized spacial score (nSPS) is 10.9. The van der Waals surface area contributed by atoms with Gasteiger partial charge in [0.25, 0.3) is 0 Å². The van der Waals surface area contributed by atoms with Crippen molar-refractivity contribution in [1.29, 1.82) is 0 Å². The van der Waals surface area contributed by atoms with Crippen molar-refractivity contribution in [2.75, 3.05) is 0 Å². The van der Waals surface area contributed by atoms with Crippen molar-refractivity contribution in [3.8, 4) is 17.1 Å². The smallest absolute Gasteiger partial charge is 0.138 e. The SMILES string of the molecule is Cc1ccc(COc2cccc(-c3nc4ccccc4[nH]3)c2)cc1. The molecule has 0 radical (unpaired) electrons. The highest BCUT2D eigenvalue weighted by Gasteiger charge is 2.06. The van der Waals surface area contributed by atoms with Gasteiger partial charge in [-0.25, -0.2) is 4.98 Å². The number of para-hydroxylation sites is 2. The van der Waals surface area contributed by atoms with E-state index in [1.807, 2.05) is 48.5 Å². The molecule has 0 bridgehead atoms. The Morgan fingerprint density at radius 3 is 2.58 bits per heavy atom. The molecule has 0 amide bonds. The lowest BCUT2D eigenvalue weighted by Gasteiger charge is -2.07.